The van der Waals surface area contributed by atoms with Gasteiger partial charge in [0.1, 0.15) is 6.54 Å². The largest absolute Gasteiger partial charge is 0.465 e. The van der Waals surface area contributed by atoms with Gasteiger partial charge in [-0.15, -0.1) is 0 Å². The number of ether oxygens (including phenoxy) is 1. The molecule has 0 bridgehead atoms. The van der Waals surface area contributed by atoms with Crippen molar-refractivity contribution in [2.45, 2.75) is 52.6 Å². The molecular weight excluding hydrogens is 220 g/mol. The third-order valence-electron chi connectivity index (χ3n) is 2.43. The molecule has 0 aliphatic heterocycles. The van der Waals surface area contributed by atoms with Gasteiger partial charge in [0.2, 0.25) is 5.91 Å². The number of esters is 1. The molecule has 0 rings (SSSR count). The quantitative estimate of drug-likeness (QED) is 0.676. The Morgan fingerprint density at radius 1 is 1.29 bits per heavy atom. The van der Waals surface area contributed by atoms with Crippen molar-refractivity contribution >= 4 is 11.9 Å². The van der Waals surface area contributed by atoms with Crippen molar-refractivity contribution in [1.82, 2.24) is 4.90 Å². The monoisotopic (exact) mass is 244 g/mol. The van der Waals surface area contributed by atoms with Gasteiger partial charge in [-0.1, -0.05) is 13.3 Å². The Morgan fingerprint density at radius 3 is 2.29 bits per heavy atom. The van der Waals surface area contributed by atoms with Gasteiger partial charge in [-0.2, -0.15) is 0 Å². The molecule has 0 radical (unpaired) electrons. The predicted molar refractivity (Wildman–Crippen MR) is 66.4 cm³/mol. The van der Waals surface area contributed by atoms with E-state index in [1.54, 1.807) is 6.92 Å². The molecule has 0 aromatic heterocycles. The number of hydrogen-bond donors (Lipinski definition) is 1. The van der Waals surface area contributed by atoms with Crippen LogP contribution in [0.3, 0.4) is 0 Å². The standard InChI is InChI=1S/C12H24N2O3/c1-5-7-10(13)12(16)14(9(3)4)8-11(15)17-6-2/h9-10H,5-8,13H2,1-4H3/t10-/m0/s1. The maximum Gasteiger partial charge on any atom is 0.325 e. The van der Waals surface area contributed by atoms with Gasteiger partial charge in [0.15, 0.2) is 0 Å². The lowest BCUT2D eigenvalue weighted by atomic mass is 10.1. The second kappa shape index (κ2) is 8.06. The molecule has 0 heterocycles. The van der Waals surface area contributed by atoms with Crippen LogP contribution >= 0.6 is 0 Å². The average molecular weight is 244 g/mol. The molecule has 1 amide bonds. The Balaban J connectivity index is 4.51. The summed E-state index contributed by atoms with van der Waals surface area (Å²) < 4.78 is 4.84. The van der Waals surface area contributed by atoms with Crippen molar-refractivity contribution in [2.75, 3.05) is 13.2 Å². The van der Waals surface area contributed by atoms with Gasteiger partial charge in [-0.3, -0.25) is 9.59 Å². The zero-order valence-electron chi connectivity index (χ0n) is 11.2. The van der Waals surface area contributed by atoms with Gasteiger partial charge in [0.05, 0.1) is 12.6 Å². The molecule has 2 N–H and O–H groups in total. The van der Waals surface area contributed by atoms with Crippen molar-refractivity contribution < 1.29 is 14.3 Å². The number of nitrogens with zero attached hydrogens (tertiary/aromatic N) is 1. The summed E-state index contributed by atoms with van der Waals surface area (Å²) in [6, 6.07) is -0.591. The molecule has 100 valence electrons. The fourth-order valence-electron chi connectivity index (χ4n) is 1.51. The van der Waals surface area contributed by atoms with Crippen molar-refractivity contribution in [3.8, 4) is 0 Å². The lowest BCUT2D eigenvalue weighted by Crippen LogP contribution is -2.49. The highest BCUT2D eigenvalue weighted by Gasteiger charge is 2.25. The van der Waals surface area contributed by atoms with Crippen LogP contribution in [-0.4, -0.2) is 42.0 Å². The third kappa shape index (κ3) is 5.68. The number of carbonyl (C=O) groups excluding carboxylic acids is 2. The molecule has 17 heavy (non-hydrogen) atoms. The summed E-state index contributed by atoms with van der Waals surface area (Å²) in [7, 11) is 0. The minimum atomic E-state index is -0.531. The van der Waals surface area contributed by atoms with E-state index in [0.717, 1.165) is 6.42 Å². The smallest absolute Gasteiger partial charge is 0.325 e. The number of amides is 1. The van der Waals surface area contributed by atoms with Crippen LogP contribution < -0.4 is 5.73 Å². The summed E-state index contributed by atoms with van der Waals surface area (Å²) in [4.78, 5) is 24.9. The van der Waals surface area contributed by atoms with Crippen LogP contribution in [0.1, 0.15) is 40.5 Å². The molecule has 5 nitrogen and oxygen atoms in total. The Bertz CT molecular complexity index is 254. The lowest BCUT2D eigenvalue weighted by Gasteiger charge is -2.28. The molecule has 0 unspecified atom stereocenters. The summed E-state index contributed by atoms with van der Waals surface area (Å²) in [5, 5.41) is 0. The number of carbonyl (C=O) groups is 2. The first kappa shape index (κ1) is 15.9. The minimum absolute atomic E-state index is 0.0260. The van der Waals surface area contributed by atoms with Crippen LogP contribution in [0.15, 0.2) is 0 Å². The molecule has 1 atom stereocenters. The van der Waals surface area contributed by atoms with E-state index in [9.17, 15) is 9.59 Å². The number of hydrogen-bond acceptors (Lipinski definition) is 4. The molecule has 0 aromatic carbocycles. The minimum Gasteiger partial charge on any atom is -0.465 e. The summed E-state index contributed by atoms with van der Waals surface area (Å²) in [5.41, 5.74) is 5.77. The predicted octanol–water partition coefficient (Wildman–Crippen LogP) is 0.914. The molecule has 0 aliphatic carbocycles. The van der Waals surface area contributed by atoms with Gasteiger partial charge in [0, 0.05) is 6.04 Å². The molecular formula is C12H24N2O3. The second-order valence-corrected chi connectivity index (χ2v) is 4.26. The molecule has 0 saturated heterocycles. The van der Waals surface area contributed by atoms with Crippen LogP contribution in [-0.2, 0) is 14.3 Å². The highest BCUT2D eigenvalue weighted by molar-refractivity contribution is 5.85. The molecule has 0 aromatic rings. The van der Waals surface area contributed by atoms with Crippen LogP contribution in [0.5, 0.6) is 0 Å². The summed E-state index contributed by atoms with van der Waals surface area (Å²) in [6.07, 6.45) is 1.48. The van der Waals surface area contributed by atoms with Crippen LogP contribution in [0.2, 0.25) is 0 Å². The fourth-order valence-corrected chi connectivity index (χ4v) is 1.51. The topological polar surface area (TPSA) is 72.6 Å². The van der Waals surface area contributed by atoms with E-state index >= 15 is 0 Å². The average Bonchev–Trinajstić information content (AvgIpc) is 2.25. The van der Waals surface area contributed by atoms with Crippen LogP contribution in [0.4, 0.5) is 0 Å². The van der Waals surface area contributed by atoms with E-state index in [2.05, 4.69) is 0 Å². The maximum absolute atomic E-state index is 12.0. The van der Waals surface area contributed by atoms with E-state index in [1.807, 2.05) is 20.8 Å². The zero-order valence-corrected chi connectivity index (χ0v) is 11.2. The SMILES string of the molecule is CCC[C@H](N)C(=O)N(CC(=O)OCC)C(C)C. The first-order valence-electron chi connectivity index (χ1n) is 6.15. The molecule has 0 saturated carbocycles. The van der Waals surface area contributed by atoms with E-state index < -0.39 is 12.0 Å². The van der Waals surface area contributed by atoms with E-state index in [-0.39, 0.29) is 18.5 Å². The van der Waals surface area contributed by atoms with Gasteiger partial charge in [-0.25, -0.2) is 0 Å². The third-order valence-corrected chi connectivity index (χ3v) is 2.43. The first-order valence-corrected chi connectivity index (χ1v) is 6.15. The fraction of sp³-hybridized carbons (Fsp3) is 0.833. The van der Waals surface area contributed by atoms with Crippen molar-refractivity contribution in [3.05, 3.63) is 0 Å². The summed E-state index contributed by atoms with van der Waals surface area (Å²) >= 11 is 0. The van der Waals surface area contributed by atoms with Gasteiger partial charge >= 0.3 is 5.97 Å². The van der Waals surface area contributed by atoms with Crippen LogP contribution in [0.25, 0.3) is 0 Å². The maximum atomic E-state index is 12.0. The normalized spacial score (nSPS) is 12.4. The van der Waals surface area contributed by atoms with E-state index in [1.165, 1.54) is 4.90 Å². The first-order chi connectivity index (χ1) is 7.93. The Labute approximate surface area is 103 Å². The van der Waals surface area contributed by atoms with Gasteiger partial charge < -0.3 is 15.4 Å². The molecule has 0 aliphatic rings. The van der Waals surface area contributed by atoms with Crippen molar-refractivity contribution in [3.63, 3.8) is 0 Å². The number of nitrogens with two attached hydrogens (primary N) is 1. The Morgan fingerprint density at radius 2 is 1.88 bits per heavy atom. The molecule has 0 spiro atoms. The lowest BCUT2D eigenvalue weighted by molar-refractivity contribution is -0.150. The Kier molecular flexibility index (Phi) is 7.54. The summed E-state index contributed by atoms with van der Waals surface area (Å²) in [6.45, 7) is 7.72. The van der Waals surface area contributed by atoms with Crippen molar-refractivity contribution in [2.24, 2.45) is 5.73 Å². The summed E-state index contributed by atoms with van der Waals surface area (Å²) in [5.74, 6) is -0.576. The van der Waals surface area contributed by atoms with Gasteiger partial charge in [0.25, 0.3) is 0 Å². The van der Waals surface area contributed by atoms with E-state index in [4.69, 9.17) is 10.5 Å². The van der Waals surface area contributed by atoms with Crippen molar-refractivity contribution in [1.29, 1.82) is 0 Å². The van der Waals surface area contributed by atoms with Gasteiger partial charge in [-0.05, 0) is 27.2 Å². The van der Waals surface area contributed by atoms with Crippen LogP contribution in [0, 0.1) is 0 Å². The highest BCUT2D eigenvalue weighted by atomic mass is 16.5. The molecule has 5 heteroatoms. The zero-order chi connectivity index (χ0) is 13.4. The molecule has 0 fully saturated rings. The second-order valence-electron chi connectivity index (χ2n) is 4.26. The van der Waals surface area contributed by atoms with E-state index in [0.29, 0.717) is 13.0 Å². The number of rotatable bonds is 7. The highest BCUT2D eigenvalue weighted by Crippen LogP contribution is 2.05. The Hall–Kier alpha value is -1.10.